The van der Waals surface area contributed by atoms with Gasteiger partial charge in [-0.25, -0.2) is 0 Å². The van der Waals surface area contributed by atoms with Crippen LogP contribution >= 0.6 is 27.7 Å². The molecule has 0 unspecified atom stereocenters. The van der Waals surface area contributed by atoms with Gasteiger partial charge in [-0.15, -0.1) is 0 Å². The number of carbonyl (C=O) groups excluding carboxylic acids is 1. The first-order chi connectivity index (χ1) is 13.1. The fourth-order valence-corrected chi connectivity index (χ4v) is 4.19. The van der Waals surface area contributed by atoms with Crippen LogP contribution in [0.2, 0.25) is 0 Å². The van der Waals surface area contributed by atoms with Crippen LogP contribution in [0, 0.1) is 5.41 Å². The van der Waals surface area contributed by atoms with Gasteiger partial charge in [-0.05, 0) is 59.8 Å². The summed E-state index contributed by atoms with van der Waals surface area (Å²) in [7, 11) is 0. The number of rotatable bonds is 3. The van der Waals surface area contributed by atoms with Gasteiger partial charge in [0.25, 0.3) is 5.91 Å². The Hall–Kier alpha value is -2.09. The summed E-state index contributed by atoms with van der Waals surface area (Å²) in [5, 5.41) is 8.41. The smallest absolute Gasteiger partial charge is 0.271 e. The van der Waals surface area contributed by atoms with Gasteiger partial charge in [0, 0.05) is 23.2 Å². The lowest BCUT2D eigenvalue weighted by molar-refractivity contribution is -0.113. The molecule has 5 nitrogen and oxygen atoms in total. The molecule has 7 heteroatoms. The lowest BCUT2D eigenvalue weighted by atomic mass is 10.1. The maximum atomic E-state index is 12.8. The van der Waals surface area contributed by atoms with Gasteiger partial charge in [0.1, 0.15) is 0 Å². The molecule has 0 aromatic heterocycles. The average Bonchev–Trinajstić information content (AvgIpc) is 2.97. The van der Waals surface area contributed by atoms with Crippen molar-refractivity contribution < 1.29 is 9.53 Å². The Kier molecular flexibility index (Phi) is 5.33. The van der Waals surface area contributed by atoms with E-state index in [9.17, 15) is 4.79 Å². The number of nitrogens with one attached hydrogen (secondary N) is 1. The fraction of sp³-hybridized carbons (Fsp3) is 0.200. The highest BCUT2D eigenvalue weighted by molar-refractivity contribution is 9.10. The molecule has 0 bridgehead atoms. The molecule has 0 saturated carbocycles. The van der Waals surface area contributed by atoms with Crippen LogP contribution in [0.25, 0.3) is 6.08 Å². The highest BCUT2D eigenvalue weighted by Gasteiger charge is 2.33. The van der Waals surface area contributed by atoms with E-state index < -0.39 is 0 Å². The molecule has 2 saturated heterocycles. The number of carbonyl (C=O) groups is 1. The third-order valence-corrected chi connectivity index (χ3v) is 5.89. The van der Waals surface area contributed by atoms with E-state index in [4.69, 9.17) is 10.1 Å². The number of thioether (sulfide) groups is 1. The number of hydrogen-bond donors (Lipinski definition) is 1. The van der Waals surface area contributed by atoms with Gasteiger partial charge in [0.05, 0.1) is 23.8 Å². The Bertz CT molecular complexity index is 890. The lowest BCUT2D eigenvalue weighted by Gasteiger charge is -2.28. The summed E-state index contributed by atoms with van der Waals surface area (Å²) in [6.07, 6.45) is 1.85. The molecule has 0 radical (unpaired) electrons. The van der Waals surface area contributed by atoms with Crippen molar-refractivity contribution in [1.82, 2.24) is 0 Å². The van der Waals surface area contributed by atoms with Gasteiger partial charge < -0.3 is 9.64 Å². The zero-order chi connectivity index (χ0) is 18.8. The summed E-state index contributed by atoms with van der Waals surface area (Å²) in [5.41, 5.74) is 2.81. The Labute approximate surface area is 170 Å². The third-order valence-electron chi connectivity index (χ3n) is 4.48. The number of halogens is 1. The van der Waals surface area contributed by atoms with Crippen LogP contribution in [-0.4, -0.2) is 37.4 Å². The number of anilines is 2. The van der Waals surface area contributed by atoms with Crippen LogP contribution in [-0.2, 0) is 9.53 Å². The van der Waals surface area contributed by atoms with E-state index in [2.05, 4.69) is 33.0 Å². The monoisotopic (exact) mass is 443 g/mol. The van der Waals surface area contributed by atoms with Crippen LogP contribution in [0.1, 0.15) is 5.56 Å². The number of amides is 1. The van der Waals surface area contributed by atoms with Crippen molar-refractivity contribution >= 4 is 56.2 Å². The van der Waals surface area contributed by atoms with Gasteiger partial charge in [0.2, 0.25) is 0 Å². The summed E-state index contributed by atoms with van der Waals surface area (Å²) >= 11 is 4.58. The van der Waals surface area contributed by atoms with E-state index in [0.29, 0.717) is 10.6 Å². The van der Waals surface area contributed by atoms with Crippen molar-refractivity contribution in [2.45, 2.75) is 0 Å². The minimum absolute atomic E-state index is 0.162. The lowest BCUT2D eigenvalue weighted by Crippen LogP contribution is -2.36. The molecule has 2 fully saturated rings. The highest BCUT2D eigenvalue weighted by Crippen LogP contribution is 2.35. The molecule has 0 spiro atoms. The van der Waals surface area contributed by atoms with E-state index in [1.54, 1.807) is 0 Å². The Morgan fingerprint density at radius 2 is 1.63 bits per heavy atom. The highest BCUT2D eigenvalue weighted by atomic mass is 79.9. The maximum absolute atomic E-state index is 12.8. The molecule has 2 aromatic carbocycles. The molecule has 0 aliphatic carbocycles. The summed E-state index contributed by atoms with van der Waals surface area (Å²) in [4.78, 5) is 17.1. The minimum atomic E-state index is -0.162. The van der Waals surface area contributed by atoms with Crippen LogP contribution in [0.4, 0.5) is 11.4 Å². The van der Waals surface area contributed by atoms with E-state index in [1.165, 1.54) is 16.7 Å². The van der Waals surface area contributed by atoms with E-state index in [1.807, 2.05) is 42.5 Å². The number of ether oxygens (including phenoxy) is 1. The first kappa shape index (κ1) is 18.3. The van der Waals surface area contributed by atoms with Gasteiger partial charge in [-0.1, -0.05) is 28.1 Å². The normalized spacial score (nSPS) is 19.2. The van der Waals surface area contributed by atoms with Crippen LogP contribution in [0.5, 0.6) is 0 Å². The molecule has 2 heterocycles. The molecule has 27 heavy (non-hydrogen) atoms. The maximum Gasteiger partial charge on any atom is 0.271 e. The fourth-order valence-electron chi connectivity index (χ4n) is 3.07. The molecule has 1 N–H and O–H groups in total. The Balaban J connectivity index is 1.53. The second-order valence-corrected chi connectivity index (χ2v) is 8.17. The van der Waals surface area contributed by atoms with E-state index >= 15 is 0 Å². The van der Waals surface area contributed by atoms with E-state index in [-0.39, 0.29) is 11.1 Å². The SMILES string of the molecule is N=C1S/C(=C/c2ccc(N3CCOCC3)cc2)C(=O)N1c1ccc(Br)cc1. The van der Waals surface area contributed by atoms with Crippen molar-refractivity contribution in [2.75, 3.05) is 36.1 Å². The predicted octanol–water partition coefficient (Wildman–Crippen LogP) is 4.34. The summed E-state index contributed by atoms with van der Waals surface area (Å²) in [5.74, 6) is -0.162. The van der Waals surface area contributed by atoms with Crippen molar-refractivity contribution in [3.63, 3.8) is 0 Å². The minimum Gasteiger partial charge on any atom is -0.378 e. The zero-order valence-corrected chi connectivity index (χ0v) is 16.9. The third kappa shape index (κ3) is 3.95. The van der Waals surface area contributed by atoms with Crippen molar-refractivity contribution in [3.8, 4) is 0 Å². The van der Waals surface area contributed by atoms with Gasteiger partial charge in [0.15, 0.2) is 5.17 Å². The van der Waals surface area contributed by atoms with Crippen molar-refractivity contribution in [1.29, 1.82) is 5.41 Å². The molecular formula is C20H18BrN3O2S. The van der Waals surface area contributed by atoms with Crippen LogP contribution in [0.15, 0.2) is 57.9 Å². The first-order valence-corrected chi connectivity index (χ1v) is 10.2. The van der Waals surface area contributed by atoms with Crippen molar-refractivity contribution in [3.05, 3.63) is 63.5 Å². The molecule has 2 aliphatic rings. The Morgan fingerprint density at radius 3 is 2.30 bits per heavy atom. The predicted molar refractivity (Wildman–Crippen MR) is 114 cm³/mol. The summed E-state index contributed by atoms with van der Waals surface area (Å²) < 4.78 is 6.33. The molecule has 2 aliphatic heterocycles. The van der Waals surface area contributed by atoms with Gasteiger partial charge >= 0.3 is 0 Å². The number of hydrogen-bond acceptors (Lipinski definition) is 5. The summed E-state index contributed by atoms with van der Waals surface area (Å²) in [6.45, 7) is 3.30. The Morgan fingerprint density at radius 1 is 1.00 bits per heavy atom. The number of amidine groups is 1. The molecule has 2 aromatic rings. The van der Waals surface area contributed by atoms with Crippen molar-refractivity contribution in [2.24, 2.45) is 0 Å². The second kappa shape index (κ2) is 7.88. The average molecular weight is 444 g/mol. The molecule has 4 rings (SSSR count). The number of nitrogens with zero attached hydrogens (tertiary/aromatic N) is 2. The van der Waals surface area contributed by atoms with Gasteiger partial charge in [-0.3, -0.25) is 15.1 Å². The molecular weight excluding hydrogens is 426 g/mol. The van der Waals surface area contributed by atoms with Gasteiger partial charge in [-0.2, -0.15) is 0 Å². The molecule has 0 atom stereocenters. The number of benzene rings is 2. The standard InChI is InChI=1S/C20H18BrN3O2S/c21-15-3-7-17(8-4-15)24-19(25)18(27-20(24)22)13-14-1-5-16(6-2-14)23-9-11-26-12-10-23/h1-8,13,22H,9-12H2/b18-13+,22-20?. The number of morpholine rings is 1. The van der Waals surface area contributed by atoms with Crippen LogP contribution in [0.3, 0.4) is 0 Å². The topological polar surface area (TPSA) is 56.6 Å². The largest absolute Gasteiger partial charge is 0.378 e. The van der Waals surface area contributed by atoms with E-state index in [0.717, 1.165) is 42.0 Å². The first-order valence-electron chi connectivity index (χ1n) is 8.63. The zero-order valence-electron chi connectivity index (χ0n) is 14.5. The summed E-state index contributed by atoms with van der Waals surface area (Å²) in [6, 6.07) is 15.6. The quantitative estimate of drug-likeness (QED) is 0.716. The molecule has 1 amide bonds. The molecule has 138 valence electrons. The van der Waals surface area contributed by atoms with Crippen LogP contribution < -0.4 is 9.80 Å². The second-order valence-electron chi connectivity index (χ2n) is 6.22.